The van der Waals surface area contributed by atoms with E-state index in [1.807, 2.05) is 0 Å². The third-order valence-electron chi connectivity index (χ3n) is 4.31. The molecule has 0 bridgehead atoms. The number of rotatable bonds is 9. The van der Waals surface area contributed by atoms with E-state index in [-0.39, 0.29) is 24.9 Å². The first-order valence-electron chi connectivity index (χ1n) is 9.62. The standard InChI is InChI=1S/C21H21ClN2O6S2/c1-13-20(32-16(23-13)11-30-15-6-4-14(22)5-7-15)21(27)29-9-3-8-24-17(25)12-31-18(24)10-19(26)28-2/h4-7,10H,3,8-9,11-12H2,1-2H3/b18-10+. The van der Waals surface area contributed by atoms with Gasteiger partial charge >= 0.3 is 11.9 Å². The first-order chi connectivity index (χ1) is 15.4. The number of esters is 2. The van der Waals surface area contributed by atoms with E-state index in [0.717, 1.165) is 0 Å². The Balaban J connectivity index is 1.47. The molecule has 32 heavy (non-hydrogen) atoms. The highest BCUT2D eigenvalue weighted by molar-refractivity contribution is 8.04. The van der Waals surface area contributed by atoms with Gasteiger partial charge in [0.05, 0.1) is 36.3 Å². The minimum atomic E-state index is -0.518. The summed E-state index contributed by atoms with van der Waals surface area (Å²) in [6.45, 7) is 2.43. The van der Waals surface area contributed by atoms with Crippen LogP contribution in [-0.2, 0) is 25.7 Å². The number of halogens is 1. The Hall–Kier alpha value is -2.56. The van der Waals surface area contributed by atoms with Gasteiger partial charge in [-0.2, -0.15) is 0 Å². The number of methoxy groups -OCH3 is 1. The Morgan fingerprint density at radius 3 is 2.75 bits per heavy atom. The van der Waals surface area contributed by atoms with Gasteiger partial charge in [-0.05, 0) is 37.6 Å². The predicted octanol–water partition coefficient (Wildman–Crippen LogP) is 3.82. The Labute approximate surface area is 198 Å². The van der Waals surface area contributed by atoms with Crippen LogP contribution in [0.15, 0.2) is 35.4 Å². The van der Waals surface area contributed by atoms with Crippen molar-refractivity contribution >= 4 is 52.5 Å². The number of carbonyl (C=O) groups is 3. The molecule has 2 aromatic rings. The number of thioether (sulfide) groups is 1. The molecule has 1 amide bonds. The van der Waals surface area contributed by atoms with Crippen LogP contribution in [0.3, 0.4) is 0 Å². The number of hydrogen-bond donors (Lipinski definition) is 0. The van der Waals surface area contributed by atoms with Crippen LogP contribution in [0.2, 0.25) is 5.02 Å². The summed E-state index contributed by atoms with van der Waals surface area (Å²) in [4.78, 5) is 42.2. The Morgan fingerprint density at radius 2 is 2.03 bits per heavy atom. The van der Waals surface area contributed by atoms with E-state index in [4.69, 9.17) is 21.1 Å². The maximum atomic E-state index is 12.4. The molecule has 170 valence electrons. The first-order valence-corrected chi connectivity index (χ1v) is 11.8. The molecule has 0 radical (unpaired) electrons. The first kappa shape index (κ1) is 24.1. The second-order valence-corrected chi connectivity index (χ2v) is 9.11. The van der Waals surface area contributed by atoms with E-state index in [1.165, 1.54) is 41.2 Å². The number of aryl methyl sites for hydroxylation is 1. The molecule has 1 aromatic heterocycles. The number of ether oxygens (including phenoxy) is 3. The minimum absolute atomic E-state index is 0.0971. The minimum Gasteiger partial charge on any atom is -0.486 e. The van der Waals surface area contributed by atoms with Crippen LogP contribution in [0.4, 0.5) is 0 Å². The van der Waals surface area contributed by atoms with Gasteiger partial charge in [-0.15, -0.1) is 11.3 Å². The average molecular weight is 497 g/mol. The number of nitrogens with zero attached hydrogens (tertiary/aromatic N) is 2. The molecule has 1 fully saturated rings. The third-order valence-corrected chi connectivity index (χ3v) is 6.70. The fraction of sp³-hybridized carbons (Fsp3) is 0.333. The van der Waals surface area contributed by atoms with Crippen molar-refractivity contribution in [3.63, 3.8) is 0 Å². The van der Waals surface area contributed by atoms with E-state index in [9.17, 15) is 14.4 Å². The van der Waals surface area contributed by atoms with Gasteiger partial charge in [0.2, 0.25) is 5.91 Å². The van der Waals surface area contributed by atoms with Gasteiger partial charge < -0.3 is 19.1 Å². The fourth-order valence-corrected chi connectivity index (χ4v) is 4.71. The van der Waals surface area contributed by atoms with E-state index in [2.05, 4.69) is 9.72 Å². The monoisotopic (exact) mass is 496 g/mol. The molecule has 0 N–H and O–H groups in total. The summed E-state index contributed by atoms with van der Waals surface area (Å²) in [6.07, 6.45) is 1.72. The lowest BCUT2D eigenvalue weighted by molar-refractivity contribution is -0.134. The van der Waals surface area contributed by atoms with Crippen molar-refractivity contribution in [3.05, 3.63) is 56.0 Å². The fourth-order valence-electron chi connectivity index (χ4n) is 2.76. The van der Waals surface area contributed by atoms with Gasteiger partial charge in [0, 0.05) is 11.6 Å². The number of thiazole rings is 1. The lowest BCUT2D eigenvalue weighted by Gasteiger charge is -2.16. The van der Waals surface area contributed by atoms with Crippen LogP contribution < -0.4 is 4.74 Å². The SMILES string of the molecule is COC(=O)/C=C1/SCC(=O)N1CCCOC(=O)c1sc(COc2ccc(Cl)cc2)nc1C. The second kappa shape index (κ2) is 11.3. The summed E-state index contributed by atoms with van der Waals surface area (Å²) >= 11 is 8.35. The number of hydrogen-bond acceptors (Lipinski definition) is 9. The summed E-state index contributed by atoms with van der Waals surface area (Å²) in [5.41, 5.74) is 0.573. The van der Waals surface area contributed by atoms with Crippen LogP contribution in [0.1, 0.15) is 26.8 Å². The molecule has 11 heteroatoms. The number of benzene rings is 1. The van der Waals surface area contributed by atoms with Crippen molar-refractivity contribution in [1.29, 1.82) is 0 Å². The quantitative estimate of drug-likeness (QED) is 0.294. The van der Waals surface area contributed by atoms with Crippen molar-refractivity contribution in [1.82, 2.24) is 9.88 Å². The number of aromatic nitrogens is 1. The highest BCUT2D eigenvalue weighted by Gasteiger charge is 2.27. The van der Waals surface area contributed by atoms with Crippen LogP contribution in [0, 0.1) is 6.92 Å². The van der Waals surface area contributed by atoms with Crippen molar-refractivity contribution in [3.8, 4) is 5.75 Å². The molecule has 1 saturated heterocycles. The van der Waals surface area contributed by atoms with Gasteiger partial charge in [-0.25, -0.2) is 14.6 Å². The molecule has 1 aromatic carbocycles. The van der Waals surface area contributed by atoms with Crippen molar-refractivity contribution < 1.29 is 28.6 Å². The molecule has 8 nitrogen and oxygen atoms in total. The zero-order chi connectivity index (χ0) is 23.1. The average Bonchev–Trinajstić information content (AvgIpc) is 3.32. The van der Waals surface area contributed by atoms with Crippen LogP contribution in [-0.4, -0.2) is 53.7 Å². The molecular weight excluding hydrogens is 476 g/mol. The molecule has 0 aliphatic carbocycles. The summed E-state index contributed by atoms with van der Waals surface area (Å²) in [5.74, 6) is -0.161. The highest BCUT2D eigenvalue weighted by Crippen LogP contribution is 2.29. The molecule has 1 aliphatic heterocycles. The highest BCUT2D eigenvalue weighted by atomic mass is 35.5. The lowest BCUT2D eigenvalue weighted by atomic mass is 10.3. The maximum absolute atomic E-state index is 12.4. The van der Waals surface area contributed by atoms with Crippen molar-refractivity contribution in [2.75, 3.05) is 26.0 Å². The van der Waals surface area contributed by atoms with Crippen molar-refractivity contribution in [2.45, 2.75) is 20.0 Å². The van der Waals surface area contributed by atoms with Gasteiger partial charge in [-0.3, -0.25) is 4.79 Å². The zero-order valence-electron chi connectivity index (χ0n) is 17.5. The molecule has 0 spiro atoms. The lowest BCUT2D eigenvalue weighted by Crippen LogP contribution is -2.27. The molecular formula is C21H21ClN2O6S2. The van der Waals surface area contributed by atoms with Gasteiger partial charge in [-0.1, -0.05) is 23.4 Å². The predicted molar refractivity (Wildman–Crippen MR) is 122 cm³/mol. The summed E-state index contributed by atoms with van der Waals surface area (Å²) in [5, 5.41) is 1.81. The van der Waals surface area contributed by atoms with Gasteiger partial charge in [0.25, 0.3) is 0 Å². The van der Waals surface area contributed by atoms with Crippen molar-refractivity contribution in [2.24, 2.45) is 0 Å². The van der Waals surface area contributed by atoms with E-state index >= 15 is 0 Å². The van der Waals surface area contributed by atoms with Gasteiger partial charge in [0.15, 0.2) is 0 Å². The van der Waals surface area contributed by atoms with Crippen LogP contribution in [0.25, 0.3) is 0 Å². The van der Waals surface area contributed by atoms with E-state index in [1.54, 1.807) is 31.2 Å². The summed E-state index contributed by atoms with van der Waals surface area (Å²) in [6, 6.07) is 6.98. The van der Waals surface area contributed by atoms with E-state index < -0.39 is 11.9 Å². The van der Waals surface area contributed by atoms with Gasteiger partial charge in [0.1, 0.15) is 22.2 Å². The molecule has 0 saturated carbocycles. The maximum Gasteiger partial charge on any atom is 0.350 e. The summed E-state index contributed by atoms with van der Waals surface area (Å²) < 4.78 is 15.6. The Morgan fingerprint density at radius 1 is 1.28 bits per heavy atom. The van der Waals surface area contributed by atoms with Crippen LogP contribution in [0.5, 0.6) is 5.75 Å². The topological polar surface area (TPSA) is 95.0 Å². The summed E-state index contributed by atoms with van der Waals surface area (Å²) in [7, 11) is 1.28. The van der Waals surface area contributed by atoms with E-state index in [0.29, 0.717) is 44.3 Å². The number of carbonyl (C=O) groups excluding carboxylic acids is 3. The molecule has 0 unspecified atom stereocenters. The Kier molecular flexibility index (Phi) is 8.54. The molecule has 3 rings (SSSR count). The zero-order valence-corrected chi connectivity index (χ0v) is 19.8. The molecule has 1 aliphatic rings. The smallest absolute Gasteiger partial charge is 0.350 e. The molecule has 0 atom stereocenters. The van der Waals surface area contributed by atoms with Crippen LogP contribution >= 0.6 is 34.7 Å². The third kappa shape index (κ3) is 6.47. The molecule has 2 heterocycles. The largest absolute Gasteiger partial charge is 0.486 e. The normalized spacial score (nSPS) is 14.7. The second-order valence-electron chi connectivity index (χ2n) is 6.59. The number of amides is 1. The Bertz CT molecular complexity index is 1020.